The van der Waals surface area contributed by atoms with Gasteiger partial charge in [-0.05, 0) is 26.0 Å². The Kier molecular flexibility index (Phi) is 3.13. The van der Waals surface area contributed by atoms with Crippen LogP contribution in [0.3, 0.4) is 0 Å². The maximum Gasteiger partial charge on any atom is 0.298 e. The van der Waals surface area contributed by atoms with E-state index in [1.165, 1.54) is 0 Å². The van der Waals surface area contributed by atoms with Crippen LogP contribution < -0.4 is 9.44 Å². The summed E-state index contributed by atoms with van der Waals surface area (Å²) in [5.41, 5.74) is 1.68. The molecule has 0 spiro atoms. The zero-order valence-electron chi connectivity index (χ0n) is 8.27. The Hall–Kier alpha value is -1.07. The average molecular weight is 214 g/mol. The molecular weight excluding hydrogens is 200 g/mol. The summed E-state index contributed by atoms with van der Waals surface area (Å²) in [6.45, 7) is 4.02. The molecule has 0 bridgehead atoms. The van der Waals surface area contributed by atoms with Crippen molar-refractivity contribution < 1.29 is 8.42 Å². The predicted molar refractivity (Wildman–Crippen MR) is 57.3 cm³/mol. The number of hydrogen-bond donors (Lipinski definition) is 1. The Labute approximate surface area is 84.5 Å². The van der Waals surface area contributed by atoms with Gasteiger partial charge in [-0.25, -0.2) is 5.14 Å². The van der Waals surface area contributed by atoms with Gasteiger partial charge in [0, 0.05) is 6.54 Å². The standard InChI is InChI=1S/C9H14N2O2S/c1-3-11(14(10,12)13)9-6-4-8(2)5-7-9/h4-7H,3H2,1-2H3,(H2,10,12,13). The first-order valence-corrected chi connectivity index (χ1v) is 5.82. The van der Waals surface area contributed by atoms with Crippen LogP contribution >= 0.6 is 0 Å². The number of benzene rings is 1. The first-order chi connectivity index (χ1) is 6.45. The molecule has 1 aromatic carbocycles. The third-order valence-corrected chi connectivity index (χ3v) is 3.00. The van der Waals surface area contributed by atoms with Gasteiger partial charge < -0.3 is 0 Å². The van der Waals surface area contributed by atoms with E-state index >= 15 is 0 Å². The van der Waals surface area contributed by atoms with Crippen molar-refractivity contribution in [2.45, 2.75) is 13.8 Å². The highest BCUT2D eigenvalue weighted by Gasteiger charge is 2.14. The minimum Gasteiger partial charge on any atom is -0.258 e. The summed E-state index contributed by atoms with van der Waals surface area (Å²) in [6.07, 6.45) is 0. The first kappa shape index (κ1) is 11.0. The zero-order chi connectivity index (χ0) is 10.8. The molecule has 2 N–H and O–H groups in total. The molecule has 0 aliphatic heterocycles. The molecule has 0 unspecified atom stereocenters. The molecule has 5 heteroatoms. The molecule has 0 fully saturated rings. The Morgan fingerprint density at radius 1 is 1.29 bits per heavy atom. The Morgan fingerprint density at radius 3 is 2.14 bits per heavy atom. The van der Waals surface area contributed by atoms with Crippen molar-refractivity contribution in [1.82, 2.24) is 0 Å². The normalized spacial score (nSPS) is 11.4. The van der Waals surface area contributed by atoms with Gasteiger partial charge in [0.15, 0.2) is 0 Å². The van der Waals surface area contributed by atoms with Gasteiger partial charge in [-0.1, -0.05) is 17.7 Å². The van der Waals surface area contributed by atoms with E-state index in [0.717, 1.165) is 9.87 Å². The van der Waals surface area contributed by atoms with Crippen molar-refractivity contribution in [3.8, 4) is 0 Å². The van der Waals surface area contributed by atoms with Crippen molar-refractivity contribution in [3.63, 3.8) is 0 Å². The number of nitrogens with two attached hydrogens (primary N) is 1. The lowest BCUT2D eigenvalue weighted by atomic mass is 10.2. The van der Waals surface area contributed by atoms with E-state index in [1.807, 2.05) is 19.1 Å². The van der Waals surface area contributed by atoms with Crippen molar-refractivity contribution >= 4 is 15.9 Å². The second kappa shape index (κ2) is 3.98. The van der Waals surface area contributed by atoms with E-state index in [0.29, 0.717) is 12.2 Å². The summed E-state index contributed by atoms with van der Waals surface area (Å²) in [5.74, 6) is 0. The van der Waals surface area contributed by atoms with Gasteiger partial charge in [-0.3, -0.25) is 4.31 Å². The van der Waals surface area contributed by atoms with E-state index in [4.69, 9.17) is 5.14 Å². The Balaban J connectivity index is 3.08. The van der Waals surface area contributed by atoms with Crippen LogP contribution in [0.15, 0.2) is 24.3 Å². The molecule has 0 heterocycles. The number of aryl methyl sites for hydroxylation is 1. The molecule has 14 heavy (non-hydrogen) atoms. The van der Waals surface area contributed by atoms with Gasteiger partial charge in [-0.15, -0.1) is 0 Å². The minimum atomic E-state index is -3.65. The van der Waals surface area contributed by atoms with E-state index in [9.17, 15) is 8.42 Å². The third kappa shape index (κ3) is 2.46. The Bertz CT molecular complexity index is 397. The van der Waals surface area contributed by atoms with Crippen LogP contribution in [0, 0.1) is 6.92 Å². The lowest BCUT2D eigenvalue weighted by Crippen LogP contribution is -2.36. The molecule has 0 aliphatic carbocycles. The topological polar surface area (TPSA) is 63.4 Å². The average Bonchev–Trinajstić information content (AvgIpc) is 2.07. The van der Waals surface area contributed by atoms with Crippen LogP contribution in [0.1, 0.15) is 12.5 Å². The monoisotopic (exact) mass is 214 g/mol. The zero-order valence-corrected chi connectivity index (χ0v) is 9.08. The molecule has 0 aromatic heterocycles. The summed E-state index contributed by atoms with van der Waals surface area (Å²) in [5, 5.41) is 5.06. The highest BCUT2D eigenvalue weighted by molar-refractivity contribution is 7.90. The van der Waals surface area contributed by atoms with E-state index < -0.39 is 10.2 Å². The van der Waals surface area contributed by atoms with Gasteiger partial charge in [0.2, 0.25) is 0 Å². The summed E-state index contributed by atoms with van der Waals surface area (Å²) in [4.78, 5) is 0. The van der Waals surface area contributed by atoms with Gasteiger partial charge in [0.25, 0.3) is 10.2 Å². The molecule has 1 rings (SSSR count). The predicted octanol–water partition coefficient (Wildman–Crippen LogP) is 1.02. The highest BCUT2D eigenvalue weighted by Crippen LogP contribution is 2.16. The summed E-state index contributed by atoms with van der Waals surface area (Å²) in [7, 11) is -3.65. The third-order valence-electron chi connectivity index (χ3n) is 1.92. The molecule has 0 atom stereocenters. The fourth-order valence-electron chi connectivity index (χ4n) is 1.22. The molecule has 0 aliphatic rings. The molecule has 0 amide bonds. The lowest BCUT2D eigenvalue weighted by Gasteiger charge is -2.19. The first-order valence-electron chi connectivity index (χ1n) is 4.32. The summed E-state index contributed by atoms with van der Waals surface area (Å²) in [6, 6.07) is 7.18. The largest absolute Gasteiger partial charge is 0.298 e. The molecule has 0 saturated carbocycles. The van der Waals surface area contributed by atoms with Gasteiger partial charge >= 0.3 is 0 Å². The number of nitrogens with zero attached hydrogens (tertiary/aromatic N) is 1. The van der Waals surface area contributed by atoms with Crippen LogP contribution in [0.4, 0.5) is 5.69 Å². The second-order valence-corrected chi connectivity index (χ2v) is 4.52. The molecular formula is C9H14N2O2S. The van der Waals surface area contributed by atoms with E-state index in [1.54, 1.807) is 19.1 Å². The number of rotatable bonds is 3. The second-order valence-electron chi connectivity index (χ2n) is 3.05. The quantitative estimate of drug-likeness (QED) is 0.816. The van der Waals surface area contributed by atoms with E-state index in [2.05, 4.69) is 0 Å². The van der Waals surface area contributed by atoms with Gasteiger partial charge in [-0.2, -0.15) is 8.42 Å². The van der Waals surface area contributed by atoms with Crippen molar-refractivity contribution in [3.05, 3.63) is 29.8 Å². The number of anilines is 1. The van der Waals surface area contributed by atoms with Crippen LogP contribution in [0.2, 0.25) is 0 Å². The fraction of sp³-hybridized carbons (Fsp3) is 0.333. The van der Waals surface area contributed by atoms with Gasteiger partial charge in [0.1, 0.15) is 0 Å². The van der Waals surface area contributed by atoms with Crippen LogP contribution in [-0.4, -0.2) is 15.0 Å². The molecule has 0 saturated heterocycles. The maximum atomic E-state index is 11.2. The molecule has 78 valence electrons. The smallest absolute Gasteiger partial charge is 0.258 e. The van der Waals surface area contributed by atoms with Gasteiger partial charge in [0.05, 0.1) is 5.69 Å². The molecule has 0 radical (unpaired) electrons. The van der Waals surface area contributed by atoms with Crippen molar-refractivity contribution in [1.29, 1.82) is 0 Å². The lowest BCUT2D eigenvalue weighted by molar-refractivity contribution is 0.593. The number of hydrogen-bond acceptors (Lipinski definition) is 2. The Morgan fingerprint density at radius 2 is 1.79 bits per heavy atom. The summed E-state index contributed by atoms with van der Waals surface area (Å²) >= 11 is 0. The highest BCUT2D eigenvalue weighted by atomic mass is 32.2. The summed E-state index contributed by atoms with van der Waals surface area (Å²) < 4.78 is 23.5. The molecule has 4 nitrogen and oxygen atoms in total. The minimum absolute atomic E-state index is 0.335. The van der Waals surface area contributed by atoms with Crippen LogP contribution in [0.5, 0.6) is 0 Å². The SMILES string of the molecule is CCN(c1ccc(C)cc1)S(N)(=O)=O. The molecule has 1 aromatic rings. The van der Waals surface area contributed by atoms with E-state index in [-0.39, 0.29) is 0 Å². The fourth-order valence-corrected chi connectivity index (χ4v) is 2.00. The van der Waals surface area contributed by atoms with Crippen LogP contribution in [0.25, 0.3) is 0 Å². The van der Waals surface area contributed by atoms with Crippen molar-refractivity contribution in [2.24, 2.45) is 5.14 Å². The van der Waals surface area contributed by atoms with Crippen molar-refractivity contribution in [2.75, 3.05) is 10.8 Å². The van der Waals surface area contributed by atoms with Crippen LogP contribution in [-0.2, 0) is 10.2 Å². The maximum absolute atomic E-state index is 11.2.